The molecule has 0 spiro atoms. The summed E-state index contributed by atoms with van der Waals surface area (Å²) in [5, 5.41) is 3.45. The zero-order valence-electron chi connectivity index (χ0n) is 9.00. The molecular weight excluding hydrogens is 354 g/mol. The highest BCUT2D eigenvalue weighted by Gasteiger charge is 2.38. The van der Waals surface area contributed by atoms with Gasteiger partial charge in [-0.05, 0) is 47.2 Å². The summed E-state index contributed by atoms with van der Waals surface area (Å²) in [7, 11) is 0. The maximum absolute atomic E-state index is 12.0. The first-order valence-electron chi connectivity index (χ1n) is 5.14. The van der Waals surface area contributed by atoms with Gasteiger partial charge in [0.1, 0.15) is 5.54 Å². The van der Waals surface area contributed by atoms with E-state index in [1.165, 1.54) is 0 Å². The lowest BCUT2D eigenvalue weighted by molar-refractivity contribution is -0.121. The Bertz CT molecular complexity index is 447. The number of benzene rings is 1. The summed E-state index contributed by atoms with van der Waals surface area (Å²) in [5.41, 5.74) is 5.77. The Hall–Kier alpha value is -0.370. The lowest BCUT2D eigenvalue weighted by Gasteiger charge is -2.21. The van der Waals surface area contributed by atoms with Crippen molar-refractivity contribution in [1.29, 1.82) is 0 Å². The Morgan fingerprint density at radius 3 is 2.94 bits per heavy atom. The lowest BCUT2D eigenvalue weighted by atomic mass is 9.99. The number of hydrogen-bond donors (Lipinski definition) is 2. The van der Waals surface area contributed by atoms with Gasteiger partial charge in [0.2, 0.25) is 5.91 Å². The van der Waals surface area contributed by atoms with Crippen molar-refractivity contribution in [1.82, 2.24) is 0 Å². The third-order valence-corrected chi connectivity index (χ3v) is 3.81. The molecule has 1 fully saturated rings. The third kappa shape index (κ3) is 2.90. The van der Waals surface area contributed by atoms with Gasteiger partial charge < -0.3 is 15.8 Å². The van der Waals surface area contributed by atoms with E-state index in [-0.39, 0.29) is 12.5 Å². The van der Waals surface area contributed by atoms with Crippen molar-refractivity contribution in [2.75, 3.05) is 18.5 Å². The Morgan fingerprint density at radius 2 is 2.35 bits per heavy atom. The number of rotatable bonds is 2. The fraction of sp³-hybridized carbons (Fsp3) is 0.364. The van der Waals surface area contributed by atoms with E-state index in [9.17, 15) is 4.79 Å². The summed E-state index contributed by atoms with van der Waals surface area (Å²) < 4.78 is 6.04. The molecule has 4 nitrogen and oxygen atoms in total. The van der Waals surface area contributed by atoms with Crippen LogP contribution in [0.15, 0.2) is 18.2 Å². The van der Waals surface area contributed by atoms with E-state index in [1.54, 1.807) is 18.2 Å². The van der Waals surface area contributed by atoms with E-state index in [0.717, 1.165) is 9.26 Å². The van der Waals surface area contributed by atoms with Crippen molar-refractivity contribution in [3.05, 3.63) is 26.8 Å². The third-order valence-electron chi connectivity index (χ3n) is 2.68. The van der Waals surface area contributed by atoms with Crippen LogP contribution in [0.1, 0.15) is 6.42 Å². The molecule has 1 aliphatic heterocycles. The van der Waals surface area contributed by atoms with Crippen LogP contribution in [0.2, 0.25) is 5.02 Å². The Labute approximate surface area is 118 Å². The smallest absolute Gasteiger partial charge is 0.246 e. The number of carbonyl (C=O) groups is 1. The summed E-state index contributed by atoms with van der Waals surface area (Å²) in [6.07, 6.45) is 0.545. The van der Waals surface area contributed by atoms with Gasteiger partial charge >= 0.3 is 0 Å². The van der Waals surface area contributed by atoms with Gasteiger partial charge in [-0.15, -0.1) is 0 Å². The van der Waals surface area contributed by atoms with Crippen LogP contribution in [0.4, 0.5) is 5.69 Å². The van der Waals surface area contributed by atoms with Gasteiger partial charge in [0, 0.05) is 15.2 Å². The minimum absolute atomic E-state index is 0.213. The van der Waals surface area contributed by atoms with E-state index in [1.807, 2.05) is 0 Å². The van der Waals surface area contributed by atoms with Gasteiger partial charge in [-0.1, -0.05) is 11.6 Å². The molecule has 1 aromatic rings. The van der Waals surface area contributed by atoms with Gasteiger partial charge in [0.25, 0.3) is 0 Å². The molecule has 2 rings (SSSR count). The number of hydrogen-bond acceptors (Lipinski definition) is 3. The molecule has 1 unspecified atom stereocenters. The van der Waals surface area contributed by atoms with Crippen LogP contribution in [-0.2, 0) is 9.53 Å². The largest absolute Gasteiger partial charge is 0.379 e. The zero-order chi connectivity index (χ0) is 12.5. The molecule has 92 valence electrons. The van der Waals surface area contributed by atoms with E-state index in [4.69, 9.17) is 22.1 Å². The molecule has 0 saturated carbocycles. The van der Waals surface area contributed by atoms with Crippen molar-refractivity contribution in [3.63, 3.8) is 0 Å². The summed E-state index contributed by atoms with van der Waals surface area (Å²) in [6, 6.07) is 5.28. The van der Waals surface area contributed by atoms with E-state index in [2.05, 4.69) is 27.9 Å². The van der Waals surface area contributed by atoms with Crippen molar-refractivity contribution in [2.45, 2.75) is 12.0 Å². The summed E-state index contributed by atoms with van der Waals surface area (Å²) in [4.78, 5) is 12.0. The minimum atomic E-state index is -0.914. The first-order valence-corrected chi connectivity index (χ1v) is 6.60. The van der Waals surface area contributed by atoms with Gasteiger partial charge in [-0.3, -0.25) is 4.79 Å². The number of carbonyl (C=O) groups excluding carboxylic acids is 1. The molecule has 1 heterocycles. The molecule has 1 amide bonds. The molecule has 17 heavy (non-hydrogen) atoms. The van der Waals surface area contributed by atoms with Crippen LogP contribution < -0.4 is 11.1 Å². The van der Waals surface area contributed by atoms with Crippen molar-refractivity contribution < 1.29 is 9.53 Å². The van der Waals surface area contributed by atoms with Crippen molar-refractivity contribution in [3.8, 4) is 0 Å². The first kappa shape index (κ1) is 13.1. The predicted octanol–water partition coefficient (Wildman–Crippen LogP) is 2.00. The Balaban J connectivity index is 2.13. The average Bonchev–Trinajstić information content (AvgIpc) is 2.71. The van der Waals surface area contributed by atoms with Gasteiger partial charge in [-0.2, -0.15) is 0 Å². The molecule has 1 atom stereocenters. The molecule has 1 aromatic carbocycles. The second kappa shape index (κ2) is 5.09. The van der Waals surface area contributed by atoms with Crippen molar-refractivity contribution >= 4 is 45.8 Å². The number of anilines is 1. The first-order chi connectivity index (χ1) is 8.01. The van der Waals surface area contributed by atoms with E-state index >= 15 is 0 Å². The molecule has 3 N–H and O–H groups in total. The van der Waals surface area contributed by atoms with Crippen LogP contribution in [0.25, 0.3) is 0 Å². The standard InChI is InChI=1S/C11H12ClIN2O2/c12-7-1-2-9(8(13)5-7)15-10(16)11(14)3-4-17-6-11/h1-2,5H,3-4,6,14H2,(H,15,16). The molecule has 0 aliphatic carbocycles. The molecule has 1 aliphatic rings. The Morgan fingerprint density at radius 1 is 1.59 bits per heavy atom. The molecule has 0 radical (unpaired) electrons. The molecule has 6 heteroatoms. The van der Waals surface area contributed by atoms with Gasteiger partial charge in [0.05, 0.1) is 12.3 Å². The second-order valence-electron chi connectivity index (χ2n) is 4.04. The summed E-state index contributed by atoms with van der Waals surface area (Å²) in [6.45, 7) is 0.796. The number of ether oxygens (including phenoxy) is 1. The fourth-order valence-corrected chi connectivity index (χ4v) is 2.60. The normalized spacial score (nSPS) is 23.7. The maximum Gasteiger partial charge on any atom is 0.246 e. The summed E-state index contributed by atoms with van der Waals surface area (Å²) >= 11 is 7.96. The number of amides is 1. The quantitative estimate of drug-likeness (QED) is 0.787. The van der Waals surface area contributed by atoms with E-state index in [0.29, 0.717) is 18.1 Å². The van der Waals surface area contributed by atoms with Crippen LogP contribution in [0.5, 0.6) is 0 Å². The topological polar surface area (TPSA) is 64.4 Å². The molecule has 0 bridgehead atoms. The van der Waals surface area contributed by atoms with Crippen LogP contribution >= 0.6 is 34.2 Å². The monoisotopic (exact) mass is 366 g/mol. The fourth-order valence-electron chi connectivity index (χ4n) is 1.60. The maximum atomic E-state index is 12.0. The van der Waals surface area contributed by atoms with Crippen LogP contribution in [-0.4, -0.2) is 24.7 Å². The predicted molar refractivity (Wildman–Crippen MR) is 75.2 cm³/mol. The van der Waals surface area contributed by atoms with Crippen molar-refractivity contribution in [2.24, 2.45) is 5.73 Å². The SMILES string of the molecule is NC1(C(=O)Nc2ccc(Cl)cc2I)CCOC1. The van der Waals surface area contributed by atoms with Crippen LogP contribution in [0.3, 0.4) is 0 Å². The highest BCUT2D eigenvalue weighted by atomic mass is 127. The van der Waals surface area contributed by atoms with Crippen LogP contribution in [0, 0.1) is 3.57 Å². The lowest BCUT2D eigenvalue weighted by Crippen LogP contribution is -2.51. The highest BCUT2D eigenvalue weighted by molar-refractivity contribution is 14.1. The number of nitrogens with one attached hydrogen (secondary N) is 1. The summed E-state index contributed by atoms with van der Waals surface area (Å²) in [5.74, 6) is -0.213. The molecular formula is C11H12ClIN2O2. The van der Waals surface area contributed by atoms with Gasteiger partial charge in [-0.25, -0.2) is 0 Å². The number of halogens is 2. The molecule has 1 saturated heterocycles. The van der Waals surface area contributed by atoms with E-state index < -0.39 is 5.54 Å². The van der Waals surface area contributed by atoms with Gasteiger partial charge in [0.15, 0.2) is 0 Å². The minimum Gasteiger partial charge on any atom is -0.379 e. The number of nitrogens with two attached hydrogens (primary N) is 1. The molecule has 0 aromatic heterocycles. The highest BCUT2D eigenvalue weighted by Crippen LogP contribution is 2.24. The Kier molecular flexibility index (Phi) is 3.92. The average molecular weight is 367 g/mol. The zero-order valence-corrected chi connectivity index (χ0v) is 11.9. The second-order valence-corrected chi connectivity index (χ2v) is 5.64.